The number of amides is 1. The lowest BCUT2D eigenvalue weighted by atomic mass is 9.77. The van der Waals surface area contributed by atoms with E-state index in [1.54, 1.807) is 6.92 Å². The van der Waals surface area contributed by atoms with Gasteiger partial charge in [0.25, 0.3) is 0 Å². The molecule has 6 heteroatoms. The van der Waals surface area contributed by atoms with Gasteiger partial charge in [-0.1, -0.05) is 18.0 Å². The summed E-state index contributed by atoms with van der Waals surface area (Å²) < 4.78 is 5.70. The molecule has 2 aliphatic rings. The first-order valence-electron chi connectivity index (χ1n) is 8.91. The molecule has 1 saturated heterocycles. The number of carbonyl (C=O) groups excluding carboxylic acids is 1. The fourth-order valence-corrected chi connectivity index (χ4v) is 4.51. The minimum absolute atomic E-state index is 0.410. The summed E-state index contributed by atoms with van der Waals surface area (Å²) in [5.74, 6) is 0. The lowest BCUT2D eigenvalue weighted by Crippen LogP contribution is -2.57. The van der Waals surface area contributed by atoms with Gasteiger partial charge >= 0.3 is 6.09 Å². The Labute approximate surface area is 151 Å². The normalized spacial score (nSPS) is 25.7. The first kappa shape index (κ1) is 16.7. The SMILES string of the molecule is CC1(O)N(CCc2c[nH]c3ccc(Cl)cc23)C(=O)OC12CCCCC2. The highest BCUT2D eigenvalue weighted by molar-refractivity contribution is 6.31. The molecule has 1 aromatic carbocycles. The first-order chi connectivity index (χ1) is 11.9. The van der Waals surface area contributed by atoms with E-state index in [2.05, 4.69) is 4.98 Å². The van der Waals surface area contributed by atoms with Crippen LogP contribution in [-0.2, 0) is 11.2 Å². The Morgan fingerprint density at radius 1 is 1.32 bits per heavy atom. The molecule has 4 rings (SSSR count). The topological polar surface area (TPSA) is 65.6 Å². The number of benzene rings is 1. The number of hydrogen-bond donors (Lipinski definition) is 2. The molecule has 1 aliphatic carbocycles. The van der Waals surface area contributed by atoms with Gasteiger partial charge in [-0.05, 0) is 62.8 Å². The number of aliphatic hydroxyl groups is 1. The van der Waals surface area contributed by atoms with Crippen LogP contribution in [0.4, 0.5) is 4.79 Å². The summed E-state index contributed by atoms with van der Waals surface area (Å²) in [6.07, 6.45) is 6.71. The maximum absolute atomic E-state index is 12.5. The Balaban J connectivity index is 1.55. The van der Waals surface area contributed by atoms with E-state index in [9.17, 15) is 9.90 Å². The first-order valence-corrected chi connectivity index (χ1v) is 9.29. The number of hydrogen-bond acceptors (Lipinski definition) is 3. The summed E-state index contributed by atoms with van der Waals surface area (Å²) in [6, 6.07) is 5.71. The molecule has 2 N–H and O–H groups in total. The summed E-state index contributed by atoms with van der Waals surface area (Å²) in [5, 5.41) is 12.9. The van der Waals surface area contributed by atoms with Gasteiger partial charge in [-0.25, -0.2) is 4.79 Å². The summed E-state index contributed by atoms with van der Waals surface area (Å²) in [5.41, 5.74) is 0.0599. The largest absolute Gasteiger partial charge is 0.438 e. The number of aromatic amines is 1. The van der Waals surface area contributed by atoms with Crippen molar-refractivity contribution >= 4 is 28.6 Å². The quantitative estimate of drug-likeness (QED) is 0.858. The third-order valence-corrected chi connectivity index (χ3v) is 6.12. The van der Waals surface area contributed by atoms with Crippen molar-refractivity contribution in [2.24, 2.45) is 0 Å². The number of nitrogens with zero attached hydrogens (tertiary/aromatic N) is 1. The molecule has 1 aliphatic heterocycles. The monoisotopic (exact) mass is 362 g/mol. The molecule has 1 saturated carbocycles. The molecule has 25 heavy (non-hydrogen) atoms. The van der Waals surface area contributed by atoms with Crippen molar-refractivity contribution in [2.45, 2.75) is 56.8 Å². The number of rotatable bonds is 3. The van der Waals surface area contributed by atoms with Gasteiger partial charge in [0.1, 0.15) is 0 Å². The molecule has 1 spiro atoms. The number of carbonyl (C=O) groups is 1. The van der Waals surface area contributed by atoms with Gasteiger partial charge in [0, 0.05) is 28.7 Å². The second-order valence-electron chi connectivity index (χ2n) is 7.35. The zero-order valence-corrected chi connectivity index (χ0v) is 15.1. The van der Waals surface area contributed by atoms with Gasteiger partial charge in [-0.2, -0.15) is 0 Å². The molecule has 134 valence electrons. The fourth-order valence-electron chi connectivity index (χ4n) is 4.34. The van der Waals surface area contributed by atoms with Crippen LogP contribution in [0.1, 0.15) is 44.6 Å². The Morgan fingerprint density at radius 2 is 2.08 bits per heavy atom. The van der Waals surface area contributed by atoms with Crippen LogP contribution >= 0.6 is 11.6 Å². The van der Waals surface area contributed by atoms with Gasteiger partial charge in [0.2, 0.25) is 0 Å². The summed E-state index contributed by atoms with van der Waals surface area (Å²) >= 11 is 6.10. The predicted octanol–water partition coefficient (Wildman–Crippen LogP) is 4.23. The van der Waals surface area contributed by atoms with Crippen LogP contribution in [0.2, 0.25) is 5.02 Å². The van der Waals surface area contributed by atoms with E-state index in [1.165, 1.54) is 4.90 Å². The summed E-state index contributed by atoms with van der Waals surface area (Å²) in [7, 11) is 0. The zero-order chi connectivity index (χ0) is 17.7. The zero-order valence-electron chi connectivity index (χ0n) is 14.3. The van der Waals surface area contributed by atoms with Crippen molar-refractivity contribution in [1.82, 2.24) is 9.88 Å². The van der Waals surface area contributed by atoms with E-state index in [1.807, 2.05) is 24.4 Å². The van der Waals surface area contributed by atoms with Crippen LogP contribution in [0.3, 0.4) is 0 Å². The van der Waals surface area contributed by atoms with Crippen LogP contribution in [-0.4, -0.2) is 39.0 Å². The highest BCUT2D eigenvalue weighted by Crippen LogP contribution is 2.46. The molecule has 2 heterocycles. The van der Waals surface area contributed by atoms with Crippen molar-refractivity contribution in [3.05, 3.63) is 35.0 Å². The van der Waals surface area contributed by atoms with Gasteiger partial charge in [-0.15, -0.1) is 0 Å². The van der Waals surface area contributed by atoms with Crippen molar-refractivity contribution in [2.75, 3.05) is 6.54 Å². The Morgan fingerprint density at radius 3 is 2.84 bits per heavy atom. The predicted molar refractivity (Wildman–Crippen MR) is 96.6 cm³/mol. The molecule has 1 atom stereocenters. The molecule has 1 aromatic heterocycles. The average Bonchev–Trinajstić information content (AvgIpc) is 3.04. The number of ether oxygens (including phenoxy) is 1. The van der Waals surface area contributed by atoms with Crippen molar-refractivity contribution in [1.29, 1.82) is 0 Å². The second kappa shape index (κ2) is 5.92. The number of aromatic nitrogens is 1. The summed E-state index contributed by atoms with van der Waals surface area (Å²) in [6.45, 7) is 2.13. The molecular formula is C19H23ClN2O3. The second-order valence-corrected chi connectivity index (χ2v) is 7.79. The molecule has 0 radical (unpaired) electrons. The maximum atomic E-state index is 12.5. The van der Waals surface area contributed by atoms with E-state index in [4.69, 9.17) is 16.3 Å². The number of fused-ring (bicyclic) bond motifs is 1. The van der Waals surface area contributed by atoms with Gasteiger partial charge in [-0.3, -0.25) is 4.90 Å². The highest BCUT2D eigenvalue weighted by Gasteiger charge is 2.61. The van der Waals surface area contributed by atoms with Crippen LogP contribution in [0.25, 0.3) is 10.9 Å². The van der Waals surface area contributed by atoms with E-state index in [0.29, 0.717) is 18.0 Å². The molecule has 5 nitrogen and oxygen atoms in total. The van der Waals surface area contributed by atoms with Gasteiger partial charge in [0.15, 0.2) is 11.3 Å². The average molecular weight is 363 g/mol. The molecule has 1 amide bonds. The molecule has 1 unspecified atom stereocenters. The molecule has 0 bridgehead atoms. The fraction of sp³-hybridized carbons (Fsp3) is 0.526. The molecule has 2 fully saturated rings. The standard InChI is InChI=1S/C19H23ClN2O3/c1-18(24)19(8-3-2-4-9-19)25-17(23)22(18)10-7-13-12-21-16-6-5-14(20)11-15(13)16/h5-6,11-12,21,24H,2-4,7-10H2,1H3. The Bertz CT molecular complexity index is 808. The maximum Gasteiger partial charge on any atom is 0.412 e. The van der Waals surface area contributed by atoms with Gasteiger partial charge in [0.05, 0.1) is 0 Å². The van der Waals surface area contributed by atoms with Crippen LogP contribution < -0.4 is 0 Å². The molecular weight excluding hydrogens is 340 g/mol. The smallest absolute Gasteiger partial charge is 0.412 e. The summed E-state index contributed by atoms with van der Waals surface area (Å²) in [4.78, 5) is 17.2. The van der Waals surface area contributed by atoms with Crippen molar-refractivity contribution in [3.63, 3.8) is 0 Å². The van der Waals surface area contributed by atoms with E-state index < -0.39 is 17.4 Å². The van der Waals surface area contributed by atoms with Crippen LogP contribution in [0, 0.1) is 0 Å². The minimum atomic E-state index is -1.27. The van der Waals surface area contributed by atoms with E-state index in [-0.39, 0.29) is 0 Å². The third-order valence-electron chi connectivity index (χ3n) is 5.89. The number of H-pyrrole nitrogens is 1. The van der Waals surface area contributed by atoms with Crippen LogP contribution in [0.5, 0.6) is 0 Å². The third kappa shape index (κ3) is 2.61. The lowest BCUT2D eigenvalue weighted by molar-refractivity contribution is -0.158. The minimum Gasteiger partial charge on any atom is -0.438 e. The van der Waals surface area contributed by atoms with Crippen LogP contribution in [0.15, 0.2) is 24.4 Å². The highest BCUT2D eigenvalue weighted by atomic mass is 35.5. The Hall–Kier alpha value is -1.72. The van der Waals surface area contributed by atoms with Gasteiger partial charge < -0.3 is 14.8 Å². The Kier molecular flexibility index (Phi) is 3.96. The van der Waals surface area contributed by atoms with E-state index in [0.717, 1.165) is 48.6 Å². The lowest BCUT2D eigenvalue weighted by Gasteiger charge is -2.42. The number of nitrogens with one attached hydrogen (secondary N) is 1. The molecule has 2 aromatic rings. The van der Waals surface area contributed by atoms with E-state index >= 15 is 0 Å². The van der Waals surface area contributed by atoms with Crippen molar-refractivity contribution in [3.8, 4) is 0 Å². The van der Waals surface area contributed by atoms with Crippen molar-refractivity contribution < 1.29 is 14.6 Å². The number of halogens is 1.